The molecule has 1 fully saturated rings. The molecule has 2 heterocycles. The Bertz CT molecular complexity index is 1410. The predicted octanol–water partition coefficient (Wildman–Crippen LogP) is 5.46. The van der Waals surface area contributed by atoms with Gasteiger partial charge in [-0.2, -0.15) is 23.0 Å². The zero-order valence-electron chi connectivity index (χ0n) is 20.2. The third-order valence-electron chi connectivity index (χ3n) is 6.38. The predicted molar refractivity (Wildman–Crippen MR) is 136 cm³/mol. The lowest BCUT2D eigenvalue weighted by Crippen LogP contribution is -2.45. The van der Waals surface area contributed by atoms with Crippen molar-refractivity contribution in [2.45, 2.75) is 6.18 Å². The van der Waals surface area contributed by atoms with Gasteiger partial charge in [-0.3, -0.25) is 4.79 Å². The normalized spacial score (nSPS) is 14.5. The molecule has 1 aliphatic rings. The van der Waals surface area contributed by atoms with Crippen molar-refractivity contribution in [1.29, 1.82) is 0 Å². The summed E-state index contributed by atoms with van der Waals surface area (Å²) < 4.78 is 46.3. The van der Waals surface area contributed by atoms with Crippen molar-refractivity contribution in [3.8, 4) is 28.3 Å². The van der Waals surface area contributed by atoms with Crippen LogP contribution < -0.4 is 15.2 Å². The number of halogens is 3. The zero-order valence-corrected chi connectivity index (χ0v) is 20.2. The van der Waals surface area contributed by atoms with Gasteiger partial charge in [-0.25, -0.2) is 0 Å². The Balaban J connectivity index is 1.51. The highest BCUT2D eigenvalue weighted by Crippen LogP contribution is 2.32. The molecular weight excluding hydrogens is 481 g/mol. The maximum Gasteiger partial charge on any atom is 0.416 e. The van der Waals surface area contributed by atoms with Crippen molar-refractivity contribution in [2.24, 2.45) is 0 Å². The number of aromatic nitrogens is 2. The van der Waals surface area contributed by atoms with Crippen LogP contribution in [0.4, 0.5) is 18.9 Å². The van der Waals surface area contributed by atoms with Gasteiger partial charge in [-0.1, -0.05) is 42.5 Å². The molecular formula is C28H25F3N4O2. The SMILES string of the molecule is CN1CCN(c2cnn(-c3ccc(C(F)(F)F)cc3)c(=O)c2Oc2ccc(-c3ccccc3)cc2)CC1. The van der Waals surface area contributed by atoms with E-state index in [1.54, 1.807) is 12.1 Å². The first-order valence-electron chi connectivity index (χ1n) is 11.9. The second-order valence-electron chi connectivity index (χ2n) is 8.90. The Morgan fingerprint density at radius 3 is 2.05 bits per heavy atom. The second-order valence-corrected chi connectivity index (χ2v) is 8.90. The molecule has 1 aliphatic heterocycles. The van der Waals surface area contributed by atoms with Gasteiger partial charge in [0.05, 0.1) is 17.4 Å². The molecule has 6 nitrogen and oxygen atoms in total. The summed E-state index contributed by atoms with van der Waals surface area (Å²) in [4.78, 5) is 17.8. The third-order valence-corrected chi connectivity index (χ3v) is 6.38. The van der Waals surface area contributed by atoms with E-state index in [-0.39, 0.29) is 11.4 Å². The minimum atomic E-state index is -4.47. The number of ether oxygens (including phenoxy) is 1. The Kier molecular flexibility index (Phi) is 6.71. The fourth-order valence-corrected chi connectivity index (χ4v) is 4.24. The average molecular weight is 507 g/mol. The van der Waals surface area contributed by atoms with Crippen LogP contribution in [0.25, 0.3) is 16.8 Å². The maximum atomic E-state index is 13.6. The van der Waals surface area contributed by atoms with Crippen LogP contribution in [0.15, 0.2) is 89.9 Å². The van der Waals surface area contributed by atoms with Crippen LogP contribution in [0.3, 0.4) is 0 Å². The van der Waals surface area contributed by atoms with E-state index >= 15 is 0 Å². The summed E-state index contributed by atoms with van der Waals surface area (Å²) in [7, 11) is 2.03. The summed E-state index contributed by atoms with van der Waals surface area (Å²) >= 11 is 0. The van der Waals surface area contributed by atoms with E-state index < -0.39 is 17.3 Å². The van der Waals surface area contributed by atoms with E-state index in [0.29, 0.717) is 24.5 Å². The molecule has 0 unspecified atom stereocenters. The number of alkyl halides is 3. The van der Waals surface area contributed by atoms with Crippen LogP contribution >= 0.6 is 0 Å². The quantitative estimate of drug-likeness (QED) is 0.360. The molecule has 0 bridgehead atoms. The molecule has 0 radical (unpaired) electrons. The van der Waals surface area contributed by atoms with E-state index in [1.165, 1.54) is 18.3 Å². The molecule has 0 spiro atoms. The molecule has 37 heavy (non-hydrogen) atoms. The molecule has 9 heteroatoms. The smallest absolute Gasteiger partial charge is 0.416 e. The van der Waals surface area contributed by atoms with Crippen molar-refractivity contribution in [1.82, 2.24) is 14.7 Å². The summed E-state index contributed by atoms with van der Waals surface area (Å²) in [6.07, 6.45) is -2.93. The molecule has 0 saturated carbocycles. The van der Waals surface area contributed by atoms with Gasteiger partial charge in [0.2, 0.25) is 5.75 Å². The first kappa shape index (κ1) is 24.6. The maximum absolute atomic E-state index is 13.6. The molecule has 0 atom stereocenters. The van der Waals surface area contributed by atoms with Crippen molar-refractivity contribution in [3.05, 3.63) is 101 Å². The fraction of sp³-hybridized carbons (Fsp3) is 0.214. The molecule has 0 aliphatic carbocycles. The van der Waals surface area contributed by atoms with E-state index in [4.69, 9.17) is 4.74 Å². The van der Waals surface area contributed by atoms with Gasteiger partial charge >= 0.3 is 11.7 Å². The van der Waals surface area contributed by atoms with Crippen LogP contribution in [0.1, 0.15) is 5.56 Å². The number of nitrogens with zero attached hydrogens (tertiary/aromatic N) is 4. The topological polar surface area (TPSA) is 50.6 Å². The lowest BCUT2D eigenvalue weighted by Gasteiger charge is -2.34. The van der Waals surface area contributed by atoms with E-state index in [9.17, 15) is 18.0 Å². The van der Waals surface area contributed by atoms with Crippen molar-refractivity contribution < 1.29 is 17.9 Å². The Morgan fingerprint density at radius 2 is 1.43 bits per heavy atom. The van der Waals surface area contributed by atoms with Gasteiger partial charge in [-0.15, -0.1) is 0 Å². The highest BCUT2D eigenvalue weighted by Gasteiger charge is 2.30. The molecule has 4 aromatic rings. The van der Waals surface area contributed by atoms with E-state index in [2.05, 4.69) is 10.00 Å². The van der Waals surface area contributed by atoms with Crippen LogP contribution in [0, 0.1) is 0 Å². The number of piperazine rings is 1. The molecule has 3 aromatic carbocycles. The van der Waals surface area contributed by atoms with Crippen LogP contribution in [-0.4, -0.2) is 47.9 Å². The van der Waals surface area contributed by atoms with E-state index in [1.807, 2.05) is 54.4 Å². The number of hydrogen-bond acceptors (Lipinski definition) is 5. The largest absolute Gasteiger partial charge is 0.449 e. The first-order chi connectivity index (χ1) is 17.8. The fourth-order valence-electron chi connectivity index (χ4n) is 4.24. The van der Waals surface area contributed by atoms with Gasteiger partial charge < -0.3 is 14.5 Å². The lowest BCUT2D eigenvalue weighted by atomic mass is 10.1. The monoisotopic (exact) mass is 506 g/mol. The number of benzene rings is 3. The molecule has 1 saturated heterocycles. The lowest BCUT2D eigenvalue weighted by molar-refractivity contribution is -0.137. The number of rotatable bonds is 5. The first-order valence-corrected chi connectivity index (χ1v) is 11.9. The van der Waals surface area contributed by atoms with Crippen molar-refractivity contribution in [2.75, 3.05) is 38.1 Å². The second kappa shape index (κ2) is 10.1. The van der Waals surface area contributed by atoms with Crippen LogP contribution in [0.5, 0.6) is 11.5 Å². The third kappa shape index (κ3) is 5.36. The molecule has 0 amide bonds. The summed E-state index contributed by atoms with van der Waals surface area (Å²) in [5.74, 6) is 0.546. The summed E-state index contributed by atoms with van der Waals surface area (Å²) in [5.41, 5.74) is 1.47. The standard InChI is InChI=1S/C28H25F3N4O2/c1-33-15-17-34(18-16-33)25-19-32-35(23-11-9-22(10-12-23)28(29,30)31)27(36)26(25)37-24-13-7-21(8-14-24)20-5-3-2-4-6-20/h2-14,19H,15-18H2,1H3. The van der Waals surface area contributed by atoms with Crippen LogP contribution in [0.2, 0.25) is 0 Å². The van der Waals surface area contributed by atoms with Gasteiger partial charge in [0.25, 0.3) is 0 Å². The van der Waals surface area contributed by atoms with Gasteiger partial charge in [0.1, 0.15) is 11.4 Å². The molecule has 190 valence electrons. The Morgan fingerprint density at radius 1 is 0.811 bits per heavy atom. The Labute approximate surface area is 212 Å². The van der Waals surface area contributed by atoms with Gasteiger partial charge in [0.15, 0.2) is 0 Å². The minimum absolute atomic E-state index is 0.0758. The van der Waals surface area contributed by atoms with Crippen LogP contribution in [-0.2, 0) is 6.18 Å². The zero-order chi connectivity index (χ0) is 26.0. The van der Waals surface area contributed by atoms with Gasteiger partial charge in [-0.05, 0) is 54.6 Å². The summed E-state index contributed by atoms with van der Waals surface area (Å²) in [6.45, 7) is 3.00. The highest BCUT2D eigenvalue weighted by atomic mass is 19.4. The molecule has 0 N–H and O–H groups in total. The summed E-state index contributed by atoms with van der Waals surface area (Å²) in [6, 6.07) is 21.6. The minimum Gasteiger partial charge on any atom is -0.449 e. The van der Waals surface area contributed by atoms with Gasteiger partial charge in [0, 0.05) is 26.2 Å². The molecule has 1 aromatic heterocycles. The molecule has 5 rings (SSSR count). The van der Waals surface area contributed by atoms with E-state index in [0.717, 1.165) is 41.0 Å². The average Bonchev–Trinajstić information content (AvgIpc) is 2.91. The van der Waals surface area contributed by atoms with Crippen molar-refractivity contribution >= 4 is 5.69 Å². The summed E-state index contributed by atoms with van der Waals surface area (Å²) in [5, 5.41) is 4.28. The number of likely N-dealkylation sites (N-methyl/N-ethyl adjacent to an activating group) is 1. The Hall–Kier alpha value is -4.11. The number of hydrogen-bond donors (Lipinski definition) is 0. The number of anilines is 1. The van der Waals surface area contributed by atoms with Crippen molar-refractivity contribution in [3.63, 3.8) is 0 Å². The highest BCUT2D eigenvalue weighted by molar-refractivity contribution is 5.64.